The topological polar surface area (TPSA) is 141 Å². The third-order valence-corrected chi connectivity index (χ3v) is 8.68. The van der Waals surface area contributed by atoms with Crippen molar-refractivity contribution in [3.05, 3.63) is 46.1 Å². The quantitative estimate of drug-likeness (QED) is 0.267. The second kappa shape index (κ2) is 11.6. The number of hydrogen-bond acceptors (Lipinski definition) is 11. The summed E-state index contributed by atoms with van der Waals surface area (Å²) in [5.41, 5.74) is 9.39. The van der Waals surface area contributed by atoms with Crippen molar-refractivity contribution in [3.63, 3.8) is 0 Å². The SMILES string of the molecule is Cc1cc(N)nc(-c2c(Cl)c3c4c(nc(OC[C@@H]5CCCN5C)nc4c2F)N([C@H](C)c2cncnc2N)CCO3)c1C(F)(F)F. The number of pyridine rings is 1. The van der Waals surface area contributed by atoms with Gasteiger partial charge in [-0.1, -0.05) is 11.6 Å². The maximum Gasteiger partial charge on any atom is 0.418 e. The molecular weight excluding hydrogens is 618 g/mol. The number of nitrogens with zero attached hydrogens (tertiary/aromatic N) is 7. The Labute approximate surface area is 260 Å². The van der Waals surface area contributed by atoms with Crippen LogP contribution in [0.2, 0.25) is 5.02 Å². The van der Waals surface area contributed by atoms with E-state index in [-0.39, 0.29) is 71.5 Å². The van der Waals surface area contributed by atoms with Crippen molar-refractivity contribution in [2.75, 3.05) is 49.7 Å². The summed E-state index contributed by atoms with van der Waals surface area (Å²) in [5.74, 6) is -1.07. The number of likely N-dealkylation sites (N-methyl/N-ethyl adjacent to an activating group) is 1. The number of rotatable bonds is 6. The van der Waals surface area contributed by atoms with Crippen molar-refractivity contribution in [1.82, 2.24) is 29.8 Å². The van der Waals surface area contributed by atoms with E-state index in [1.165, 1.54) is 13.3 Å². The molecule has 0 radical (unpaired) electrons. The van der Waals surface area contributed by atoms with Gasteiger partial charge < -0.3 is 30.7 Å². The van der Waals surface area contributed by atoms with Crippen LogP contribution in [0.25, 0.3) is 22.2 Å². The molecule has 1 aromatic carbocycles. The number of aryl methyl sites for hydroxylation is 1. The molecule has 3 aromatic heterocycles. The van der Waals surface area contributed by atoms with E-state index in [1.807, 2.05) is 14.0 Å². The summed E-state index contributed by atoms with van der Waals surface area (Å²) in [4.78, 5) is 25.1. The Morgan fingerprint density at radius 3 is 2.67 bits per heavy atom. The molecule has 16 heteroatoms. The maximum absolute atomic E-state index is 16.8. The normalized spacial score (nSPS) is 17.8. The van der Waals surface area contributed by atoms with Crippen LogP contribution in [0.5, 0.6) is 11.8 Å². The van der Waals surface area contributed by atoms with Crippen molar-refractivity contribution >= 4 is 40.0 Å². The largest absolute Gasteiger partial charge is 0.489 e. The van der Waals surface area contributed by atoms with Gasteiger partial charge in [0.1, 0.15) is 42.5 Å². The zero-order valence-corrected chi connectivity index (χ0v) is 25.4. The van der Waals surface area contributed by atoms with E-state index >= 15 is 4.39 Å². The Hall–Kier alpha value is -4.24. The molecule has 11 nitrogen and oxygen atoms in total. The van der Waals surface area contributed by atoms with Gasteiger partial charge in [-0.25, -0.2) is 19.3 Å². The van der Waals surface area contributed by atoms with Gasteiger partial charge in [0.05, 0.1) is 39.8 Å². The van der Waals surface area contributed by atoms with Gasteiger partial charge in [-0.05, 0) is 51.9 Å². The second-order valence-electron chi connectivity index (χ2n) is 11.1. The van der Waals surface area contributed by atoms with E-state index in [0.29, 0.717) is 5.56 Å². The van der Waals surface area contributed by atoms with Gasteiger partial charge in [0.25, 0.3) is 0 Å². The lowest BCUT2D eigenvalue weighted by atomic mass is 9.98. The molecule has 0 bridgehead atoms. The fourth-order valence-corrected chi connectivity index (χ4v) is 6.34. The first kappa shape index (κ1) is 30.8. The van der Waals surface area contributed by atoms with E-state index in [9.17, 15) is 13.2 Å². The number of ether oxygens (including phenoxy) is 2. The highest BCUT2D eigenvalue weighted by Gasteiger charge is 2.40. The maximum atomic E-state index is 16.8. The zero-order valence-electron chi connectivity index (χ0n) is 24.6. The number of halogens is 5. The van der Waals surface area contributed by atoms with E-state index in [2.05, 4.69) is 29.8 Å². The van der Waals surface area contributed by atoms with Crippen LogP contribution in [0, 0.1) is 12.7 Å². The predicted octanol–water partition coefficient (Wildman–Crippen LogP) is 5.20. The number of nitrogen functional groups attached to an aromatic ring is 2. The summed E-state index contributed by atoms with van der Waals surface area (Å²) in [6.07, 6.45) is -0.137. The van der Waals surface area contributed by atoms with E-state index in [0.717, 1.165) is 25.5 Å². The number of hydrogen-bond donors (Lipinski definition) is 2. The first-order valence-electron chi connectivity index (χ1n) is 14.2. The highest BCUT2D eigenvalue weighted by molar-refractivity contribution is 6.36. The van der Waals surface area contributed by atoms with E-state index < -0.39 is 39.9 Å². The minimum Gasteiger partial charge on any atom is -0.489 e. The Bertz CT molecular complexity index is 1790. The number of anilines is 3. The van der Waals surface area contributed by atoms with Crippen LogP contribution >= 0.6 is 11.6 Å². The standard InChI is InChI=1S/C29H30ClF4N9O2/c1-13-9-17(35)39-23(20(13)29(32,33)34)18-21(30)25-19-24(22(18)31)40-28(45-11-15-5-4-6-42(15)3)41-27(19)43(7-8-44-25)14(2)16-10-37-12-38-26(16)36/h9-10,12,14-15H,4-8,11H2,1-3H3,(H2,35,39)(H2,36,37,38)/t14-,15+/m1/s1. The van der Waals surface area contributed by atoms with E-state index in [1.54, 1.807) is 11.1 Å². The lowest BCUT2D eigenvalue weighted by Crippen LogP contribution is -2.32. The van der Waals surface area contributed by atoms with Crippen molar-refractivity contribution in [2.24, 2.45) is 0 Å². The van der Waals surface area contributed by atoms with Crippen LogP contribution in [0.3, 0.4) is 0 Å². The average molecular weight is 648 g/mol. The number of aromatic nitrogens is 5. The molecule has 4 aromatic rings. The molecule has 4 N–H and O–H groups in total. The molecule has 0 spiro atoms. The molecule has 1 fully saturated rings. The number of nitrogens with two attached hydrogens (primary N) is 2. The average Bonchev–Trinajstić information content (AvgIpc) is 3.28. The third-order valence-electron chi connectivity index (χ3n) is 8.32. The summed E-state index contributed by atoms with van der Waals surface area (Å²) in [6.45, 7) is 4.38. The van der Waals surface area contributed by atoms with Crippen LogP contribution in [-0.4, -0.2) is 69.2 Å². The molecule has 6 rings (SSSR count). The summed E-state index contributed by atoms with van der Waals surface area (Å²) in [5, 5.41) is -0.369. The van der Waals surface area contributed by atoms with Crippen molar-refractivity contribution in [3.8, 4) is 23.0 Å². The summed E-state index contributed by atoms with van der Waals surface area (Å²) >= 11 is 6.74. The molecule has 0 saturated carbocycles. The van der Waals surface area contributed by atoms with Crippen molar-refractivity contribution in [1.29, 1.82) is 0 Å². The molecule has 2 aliphatic heterocycles. The number of alkyl halides is 3. The molecule has 238 valence electrons. The van der Waals surface area contributed by atoms with Crippen LogP contribution in [0.1, 0.15) is 42.5 Å². The molecule has 1 saturated heterocycles. The number of benzene rings is 1. The van der Waals surface area contributed by atoms with Crippen LogP contribution in [0.15, 0.2) is 18.6 Å². The van der Waals surface area contributed by atoms with Crippen LogP contribution in [-0.2, 0) is 6.18 Å². The van der Waals surface area contributed by atoms with Gasteiger partial charge >= 0.3 is 12.2 Å². The highest BCUT2D eigenvalue weighted by Crippen LogP contribution is 2.50. The third kappa shape index (κ3) is 5.47. The number of likely N-dealkylation sites (tertiary alicyclic amines) is 1. The van der Waals surface area contributed by atoms with Crippen LogP contribution < -0.4 is 25.8 Å². The van der Waals surface area contributed by atoms with Crippen molar-refractivity contribution < 1.29 is 27.0 Å². The molecule has 0 unspecified atom stereocenters. The van der Waals surface area contributed by atoms with Gasteiger partial charge in [0, 0.05) is 17.8 Å². The van der Waals surface area contributed by atoms with E-state index in [4.69, 9.17) is 32.5 Å². The highest BCUT2D eigenvalue weighted by atomic mass is 35.5. The molecule has 45 heavy (non-hydrogen) atoms. The minimum atomic E-state index is -4.90. The Kier molecular flexibility index (Phi) is 7.93. The summed E-state index contributed by atoms with van der Waals surface area (Å²) in [7, 11) is 1.97. The van der Waals surface area contributed by atoms with Gasteiger partial charge in [-0.3, -0.25) is 0 Å². The van der Waals surface area contributed by atoms with Gasteiger partial charge in [-0.2, -0.15) is 23.1 Å². The first-order chi connectivity index (χ1) is 21.4. The summed E-state index contributed by atoms with van der Waals surface area (Å²) < 4.78 is 71.9. The minimum absolute atomic E-state index is 0.00671. The fourth-order valence-electron chi connectivity index (χ4n) is 6.02. The lowest BCUT2D eigenvalue weighted by molar-refractivity contribution is -0.137. The molecule has 2 atom stereocenters. The Morgan fingerprint density at radius 2 is 1.98 bits per heavy atom. The Morgan fingerprint density at radius 1 is 1.20 bits per heavy atom. The van der Waals surface area contributed by atoms with Crippen molar-refractivity contribution in [2.45, 2.75) is 44.9 Å². The molecule has 5 heterocycles. The summed E-state index contributed by atoms with van der Waals surface area (Å²) in [6, 6.07) is 0.484. The van der Waals surface area contributed by atoms with Gasteiger partial charge in [0.2, 0.25) is 0 Å². The smallest absolute Gasteiger partial charge is 0.418 e. The zero-order chi connectivity index (χ0) is 32.2. The van der Waals surface area contributed by atoms with Crippen LogP contribution in [0.4, 0.5) is 35.0 Å². The predicted molar refractivity (Wildman–Crippen MR) is 161 cm³/mol. The van der Waals surface area contributed by atoms with Gasteiger partial charge in [0.15, 0.2) is 11.6 Å². The second-order valence-corrected chi connectivity index (χ2v) is 11.5. The molecular formula is C29H30ClF4N9O2. The molecule has 0 aliphatic carbocycles. The monoisotopic (exact) mass is 647 g/mol. The molecule has 2 aliphatic rings. The van der Waals surface area contributed by atoms with Gasteiger partial charge in [-0.15, -0.1) is 0 Å². The lowest BCUT2D eigenvalue weighted by Gasteiger charge is -2.30. The Balaban J connectivity index is 1.61. The fraction of sp³-hybridized carbons (Fsp3) is 0.414. The molecule has 0 amide bonds. The first-order valence-corrected chi connectivity index (χ1v) is 14.6.